The van der Waals surface area contributed by atoms with Gasteiger partial charge >= 0.3 is 6.09 Å². The number of ether oxygens (including phenoxy) is 1. The van der Waals surface area contributed by atoms with Gasteiger partial charge in [0.2, 0.25) is 5.28 Å². The van der Waals surface area contributed by atoms with Crippen LogP contribution >= 0.6 is 11.6 Å². The van der Waals surface area contributed by atoms with Crippen LogP contribution in [0.1, 0.15) is 32.8 Å². The molecule has 1 aromatic heterocycles. The lowest BCUT2D eigenvalue weighted by Gasteiger charge is -2.19. The molecule has 0 spiro atoms. The van der Waals surface area contributed by atoms with Crippen molar-refractivity contribution >= 4 is 23.5 Å². The van der Waals surface area contributed by atoms with E-state index in [2.05, 4.69) is 27.1 Å². The highest BCUT2D eigenvalue weighted by molar-refractivity contribution is 6.28. The van der Waals surface area contributed by atoms with Crippen LogP contribution in [0.5, 0.6) is 0 Å². The number of aromatic nitrogens is 2. The average molecular weight is 297 g/mol. The predicted octanol–water partition coefficient (Wildman–Crippen LogP) is 1.98. The Morgan fingerprint density at radius 2 is 2.25 bits per heavy atom. The van der Waals surface area contributed by atoms with Gasteiger partial charge in [-0.15, -0.1) is 0 Å². The van der Waals surface area contributed by atoms with Crippen molar-refractivity contribution in [1.82, 2.24) is 15.3 Å². The summed E-state index contributed by atoms with van der Waals surface area (Å²) in [5.41, 5.74) is 5.62. The second-order valence-corrected chi connectivity index (χ2v) is 5.26. The van der Waals surface area contributed by atoms with E-state index in [-0.39, 0.29) is 11.1 Å². The second-order valence-electron chi connectivity index (χ2n) is 4.92. The van der Waals surface area contributed by atoms with Crippen LogP contribution in [-0.2, 0) is 4.74 Å². The number of alkyl carbamates (subject to hydrolysis) is 1. The quantitative estimate of drug-likeness (QED) is 0.495. The number of amides is 1. The molecule has 1 amide bonds. The Hall–Kier alpha value is -2.00. The zero-order chi connectivity index (χ0) is 15.2. The number of rotatable bonds is 2. The van der Waals surface area contributed by atoms with E-state index in [0.717, 1.165) is 0 Å². The normalized spacial score (nSPS) is 10.4. The zero-order valence-electron chi connectivity index (χ0n) is 11.7. The van der Waals surface area contributed by atoms with Crippen LogP contribution in [0.4, 0.5) is 10.6 Å². The summed E-state index contributed by atoms with van der Waals surface area (Å²) in [6, 6.07) is 0. The van der Waals surface area contributed by atoms with Crippen LogP contribution in [0, 0.1) is 11.8 Å². The third-order valence-electron chi connectivity index (χ3n) is 1.93. The van der Waals surface area contributed by atoms with E-state index in [1.54, 1.807) is 20.8 Å². The summed E-state index contributed by atoms with van der Waals surface area (Å²) >= 11 is 5.58. The van der Waals surface area contributed by atoms with Gasteiger partial charge in [0.1, 0.15) is 11.4 Å². The summed E-state index contributed by atoms with van der Waals surface area (Å²) in [6.45, 7) is 5.79. The van der Waals surface area contributed by atoms with Crippen LogP contribution in [0.25, 0.3) is 0 Å². The van der Waals surface area contributed by atoms with E-state index in [1.165, 1.54) is 6.20 Å². The standard InChI is InChI=1S/C13H17ClN4O2/c1-13(2,3)20-12(19)16-7-5-4-6-9-8-17-11(14)18-10(9)15/h8H,5,7H2,1-3H3,(H,16,19)(H2,15,17,18). The monoisotopic (exact) mass is 296 g/mol. The van der Waals surface area contributed by atoms with Crippen molar-refractivity contribution in [2.45, 2.75) is 32.8 Å². The number of nitrogens with one attached hydrogen (secondary N) is 1. The van der Waals surface area contributed by atoms with Crippen molar-refractivity contribution in [3.63, 3.8) is 0 Å². The molecule has 108 valence electrons. The fourth-order valence-electron chi connectivity index (χ4n) is 1.17. The highest BCUT2D eigenvalue weighted by atomic mass is 35.5. The molecule has 3 N–H and O–H groups in total. The van der Waals surface area contributed by atoms with Crippen LogP contribution in [0.3, 0.4) is 0 Å². The molecule has 0 saturated carbocycles. The molecule has 0 radical (unpaired) electrons. The van der Waals surface area contributed by atoms with Crippen LogP contribution in [-0.4, -0.2) is 28.2 Å². The smallest absolute Gasteiger partial charge is 0.407 e. The number of hydrogen-bond donors (Lipinski definition) is 2. The van der Waals surface area contributed by atoms with Crippen molar-refractivity contribution in [3.8, 4) is 11.8 Å². The molecule has 0 saturated heterocycles. The van der Waals surface area contributed by atoms with E-state index in [9.17, 15) is 4.79 Å². The molecule has 6 nitrogen and oxygen atoms in total. The Balaban J connectivity index is 2.38. The van der Waals surface area contributed by atoms with Gasteiger partial charge in [-0.3, -0.25) is 0 Å². The fourth-order valence-corrected chi connectivity index (χ4v) is 1.31. The lowest BCUT2D eigenvalue weighted by Crippen LogP contribution is -2.32. The number of carbonyl (C=O) groups is 1. The molecule has 7 heteroatoms. The van der Waals surface area contributed by atoms with E-state index in [4.69, 9.17) is 22.1 Å². The number of nitrogens with two attached hydrogens (primary N) is 1. The fraction of sp³-hybridized carbons (Fsp3) is 0.462. The van der Waals surface area contributed by atoms with Gasteiger partial charge in [-0.2, -0.15) is 4.98 Å². The minimum Gasteiger partial charge on any atom is -0.444 e. The Labute approximate surface area is 123 Å². The SMILES string of the molecule is CC(C)(C)OC(=O)NCCC#Cc1cnc(Cl)nc1N. The van der Waals surface area contributed by atoms with Crippen molar-refractivity contribution in [2.24, 2.45) is 0 Å². The lowest BCUT2D eigenvalue weighted by molar-refractivity contribution is 0.0529. The van der Waals surface area contributed by atoms with Gasteiger partial charge in [0, 0.05) is 19.2 Å². The third kappa shape index (κ3) is 6.25. The highest BCUT2D eigenvalue weighted by Crippen LogP contribution is 2.08. The van der Waals surface area contributed by atoms with Gasteiger partial charge in [-0.1, -0.05) is 11.8 Å². The van der Waals surface area contributed by atoms with E-state index >= 15 is 0 Å². The van der Waals surface area contributed by atoms with Gasteiger partial charge < -0.3 is 15.8 Å². The molecule has 1 rings (SSSR count). The summed E-state index contributed by atoms with van der Waals surface area (Å²) in [7, 11) is 0. The average Bonchev–Trinajstić information content (AvgIpc) is 2.28. The first-order valence-corrected chi connectivity index (χ1v) is 6.39. The molecule has 0 fully saturated rings. The van der Waals surface area contributed by atoms with Crippen LogP contribution < -0.4 is 11.1 Å². The van der Waals surface area contributed by atoms with E-state index in [1.807, 2.05) is 0 Å². The number of halogens is 1. The molecule has 0 aromatic carbocycles. The van der Waals surface area contributed by atoms with Gasteiger partial charge in [-0.05, 0) is 32.4 Å². The third-order valence-corrected chi connectivity index (χ3v) is 2.11. The van der Waals surface area contributed by atoms with Gasteiger partial charge in [-0.25, -0.2) is 9.78 Å². The first kappa shape index (κ1) is 16.1. The minimum absolute atomic E-state index is 0.0830. The molecule has 20 heavy (non-hydrogen) atoms. The molecule has 0 aliphatic heterocycles. The zero-order valence-corrected chi connectivity index (χ0v) is 12.4. The van der Waals surface area contributed by atoms with Crippen molar-refractivity contribution in [2.75, 3.05) is 12.3 Å². The summed E-state index contributed by atoms with van der Waals surface area (Å²) in [6.07, 6.45) is 1.45. The summed E-state index contributed by atoms with van der Waals surface area (Å²) in [4.78, 5) is 18.9. The Morgan fingerprint density at radius 1 is 1.55 bits per heavy atom. The Kier molecular flexibility index (Phi) is 5.59. The first-order chi connectivity index (χ1) is 9.28. The maximum Gasteiger partial charge on any atom is 0.407 e. The van der Waals surface area contributed by atoms with Crippen LogP contribution in [0.15, 0.2) is 6.20 Å². The van der Waals surface area contributed by atoms with Gasteiger partial charge in [0.05, 0.1) is 5.56 Å². The number of carbonyl (C=O) groups excluding carboxylic acids is 1. The minimum atomic E-state index is -0.509. The second kappa shape index (κ2) is 6.96. The van der Waals surface area contributed by atoms with Crippen molar-refractivity contribution < 1.29 is 9.53 Å². The molecular formula is C13H17ClN4O2. The van der Waals surface area contributed by atoms with Crippen LogP contribution in [0.2, 0.25) is 5.28 Å². The Bertz CT molecular complexity index is 544. The molecular weight excluding hydrogens is 280 g/mol. The van der Waals surface area contributed by atoms with E-state index in [0.29, 0.717) is 18.5 Å². The molecule has 1 heterocycles. The number of anilines is 1. The maximum absolute atomic E-state index is 11.3. The largest absolute Gasteiger partial charge is 0.444 e. The van der Waals surface area contributed by atoms with Crippen molar-refractivity contribution in [3.05, 3.63) is 17.0 Å². The number of nitrogens with zero attached hydrogens (tertiary/aromatic N) is 2. The molecule has 0 bridgehead atoms. The van der Waals surface area contributed by atoms with E-state index < -0.39 is 11.7 Å². The molecule has 0 aliphatic carbocycles. The summed E-state index contributed by atoms with van der Waals surface area (Å²) in [5, 5.41) is 2.68. The van der Waals surface area contributed by atoms with Gasteiger partial charge in [0.25, 0.3) is 0 Å². The Morgan fingerprint density at radius 3 is 2.85 bits per heavy atom. The number of hydrogen-bond acceptors (Lipinski definition) is 5. The molecule has 0 aliphatic rings. The highest BCUT2D eigenvalue weighted by Gasteiger charge is 2.15. The topological polar surface area (TPSA) is 90.1 Å². The molecule has 1 aromatic rings. The lowest BCUT2D eigenvalue weighted by atomic mass is 10.2. The maximum atomic E-state index is 11.3. The summed E-state index contributed by atoms with van der Waals surface area (Å²) in [5.74, 6) is 5.90. The van der Waals surface area contributed by atoms with Crippen molar-refractivity contribution in [1.29, 1.82) is 0 Å². The molecule has 0 atom stereocenters. The van der Waals surface area contributed by atoms with Gasteiger partial charge in [0.15, 0.2) is 0 Å². The number of nitrogen functional groups attached to an aromatic ring is 1. The first-order valence-electron chi connectivity index (χ1n) is 6.01. The summed E-state index contributed by atoms with van der Waals surface area (Å²) < 4.78 is 5.08. The molecule has 0 unspecified atom stereocenters. The predicted molar refractivity (Wildman–Crippen MR) is 77.2 cm³/mol.